The van der Waals surface area contributed by atoms with Crippen molar-refractivity contribution < 1.29 is 19.1 Å². The standard InChI is InChI=1S/C21H26N2O4/c1-3-16-13(10-20(25)26-2)9-19(24)23-15(12-27-21(16)23)8-14-11-22-18-7-5-4-6-17(14)18/h4-7,11,13,15-16,21-22H,3,8-10,12H2,1-2H3/t13-,15+,16-,21+/m1/s1. The Morgan fingerprint density at radius 2 is 2.19 bits per heavy atom. The van der Waals surface area contributed by atoms with Crippen LogP contribution >= 0.6 is 0 Å². The van der Waals surface area contributed by atoms with Crippen molar-refractivity contribution in [3.05, 3.63) is 36.0 Å². The number of benzene rings is 1. The first-order chi connectivity index (χ1) is 13.1. The normalized spacial score (nSPS) is 27.8. The zero-order valence-corrected chi connectivity index (χ0v) is 15.8. The van der Waals surface area contributed by atoms with Crippen LogP contribution in [0, 0.1) is 11.8 Å². The van der Waals surface area contributed by atoms with Crippen LogP contribution in [0.4, 0.5) is 0 Å². The van der Waals surface area contributed by atoms with E-state index in [9.17, 15) is 9.59 Å². The van der Waals surface area contributed by atoms with Crippen molar-refractivity contribution in [2.75, 3.05) is 13.7 Å². The van der Waals surface area contributed by atoms with Crippen LogP contribution in [0.2, 0.25) is 0 Å². The number of esters is 1. The van der Waals surface area contributed by atoms with Gasteiger partial charge >= 0.3 is 5.97 Å². The van der Waals surface area contributed by atoms with Gasteiger partial charge in [0, 0.05) is 35.9 Å². The van der Waals surface area contributed by atoms with Gasteiger partial charge in [-0.25, -0.2) is 0 Å². The lowest BCUT2D eigenvalue weighted by Gasteiger charge is -2.41. The van der Waals surface area contributed by atoms with E-state index in [0.29, 0.717) is 13.0 Å². The number of hydrogen-bond acceptors (Lipinski definition) is 4. The van der Waals surface area contributed by atoms with E-state index in [-0.39, 0.29) is 42.4 Å². The van der Waals surface area contributed by atoms with Gasteiger partial charge in [-0.05, 0) is 30.4 Å². The fourth-order valence-electron chi connectivity index (χ4n) is 4.73. The SMILES string of the molecule is CC[C@@H]1[C@@H](CC(=O)OC)CC(=O)N2[C@@H](Cc3c[nH]c4ccccc34)CO[C@@H]12. The van der Waals surface area contributed by atoms with Crippen LogP contribution in [0.25, 0.3) is 10.9 Å². The Hall–Kier alpha value is -2.34. The molecule has 2 aliphatic heterocycles. The predicted octanol–water partition coefficient (Wildman–Crippen LogP) is 2.87. The van der Waals surface area contributed by atoms with Gasteiger partial charge in [0.05, 0.1) is 19.8 Å². The molecule has 2 aromatic rings. The molecular weight excluding hydrogens is 344 g/mol. The Morgan fingerprint density at radius 1 is 1.37 bits per heavy atom. The highest BCUT2D eigenvalue weighted by atomic mass is 16.5. The highest BCUT2D eigenvalue weighted by Crippen LogP contribution is 2.40. The Bertz CT molecular complexity index is 846. The largest absolute Gasteiger partial charge is 0.469 e. The Balaban J connectivity index is 1.54. The van der Waals surface area contributed by atoms with E-state index in [1.807, 2.05) is 23.2 Å². The summed E-state index contributed by atoms with van der Waals surface area (Å²) < 4.78 is 10.9. The van der Waals surface area contributed by atoms with Gasteiger partial charge in [-0.15, -0.1) is 0 Å². The Morgan fingerprint density at radius 3 is 2.96 bits per heavy atom. The number of rotatable bonds is 5. The third kappa shape index (κ3) is 3.23. The van der Waals surface area contributed by atoms with Crippen LogP contribution < -0.4 is 0 Å². The fraction of sp³-hybridized carbons (Fsp3) is 0.524. The second-order valence-corrected chi connectivity index (χ2v) is 7.56. The van der Waals surface area contributed by atoms with E-state index in [4.69, 9.17) is 9.47 Å². The minimum Gasteiger partial charge on any atom is -0.469 e. The molecule has 0 unspecified atom stereocenters. The Labute approximate surface area is 158 Å². The van der Waals surface area contributed by atoms with E-state index in [2.05, 4.69) is 24.0 Å². The molecule has 1 N–H and O–H groups in total. The molecule has 1 aromatic heterocycles. The molecule has 0 bridgehead atoms. The van der Waals surface area contributed by atoms with Gasteiger partial charge in [-0.2, -0.15) is 0 Å². The first-order valence-electron chi connectivity index (χ1n) is 9.67. The van der Waals surface area contributed by atoms with E-state index in [1.165, 1.54) is 18.1 Å². The van der Waals surface area contributed by atoms with E-state index in [1.54, 1.807) is 0 Å². The number of ether oxygens (including phenoxy) is 2. The van der Waals surface area contributed by atoms with Crippen molar-refractivity contribution in [3.63, 3.8) is 0 Å². The number of nitrogens with one attached hydrogen (secondary N) is 1. The number of aromatic amines is 1. The van der Waals surface area contributed by atoms with Crippen molar-refractivity contribution in [2.24, 2.45) is 11.8 Å². The van der Waals surface area contributed by atoms with Crippen molar-refractivity contribution in [1.29, 1.82) is 0 Å². The molecule has 1 amide bonds. The van der Waals surface area contributed by atoms with Crippen LogP contribution in [-0.4, -0.2) is 47.7 Å². The second kappa shape index (κ2) is 7.35. The average molecular weight is 370 g/mol. The van der Waals surface area contributed by atoms with Gasteiger partial charge in [-0.3, -0.25) is 9.59 Å². The summed E-state index contributed by atoms with van der Waals surface area (Å²) in [5, 5.41) is 1.20. The van der Waals surface area contributed by atoms with Crippen molar-refractivity contribution in [1.82, 2.24) is 9.88 Å². The lowest BCUT2D eigenvalue weighted by atomic mass is 9.79. The molecule has 0 spiro atoms. The molecule has 6 nitrogen and oxygen atoms in total. The number of fused-ring (bicyclic) bond motifs is 2. The van der Waals surface area contributed by atoms with Gasteiger partial charge in [0.1, 0.15) is 6.23 Å². The van der Waals surface area contributed by atoms with E-state index < -0.39 is 0 Å². The minimum atomic E-state index is -0.256. The number of H-pyrrole nitrogens is 1. The zero-order valence-electron chi connectivity index (χ0n) is 15.8. The van der Waals surface area contributed by atoms with Crippen molar-refractivity contribution in [3.8, 4) is 0 Å². The van der Waals surface area contributed by atoms with Crippen LogP contribution in [0.5, 0.6) is 0 Å². The summed E-state index contributed by atoms with van der Waals surface area (Å²) in [4.78, 5) is 29.9. The smallest absolute Gasteiger partial charge is 0.305 e. The lowest BCUT2D eigenvalue weighted by molar-refractivity contribution is -0.156. The number of carbonyl (C=O) groups excluding carboxylic acids is 2. The topological polar surface area (TPSA) is 71.6 Å². The number of aromatic nitrogens is 1. The molecule has 2 fully saturated rings. The highest BCUT2D eigenvalue weighted by molar-refractivity contribution is 5.83. The maximum atomic E-state index is 12.9. The predicted molar refractivity (Wildman–Crippen MR) is 101 cm³/mol. The number of carbonyl (C=O) groups is 2. The average Bonchev–Trinajstić information content (AvgIpc) is 3.27. The van der Waals surface area contributed by atoms with Crippen molar-refractivity contribution in [2.45, 2.75) is 44.9 Å². The first-order valence-corrected chi connectivity index (χ1v) is 9.67. The molecule has 2 aliphatic rings. The molecule has 4 atom stereocenters. The van der Waals surface area contributed by atoms with Crippen LogP contribution in [-0.2, 0) is 25.5 Å². The number of piperidine rings is 1. The quantitative estimate of drug-likeness (QED) is 0.822. The fourth-order valence-corrected chi connectivity index (χ4v) is 4.73. The molecule has 0 aliphatic carbocycles. The summed E-state index contributed by atoms with van der Waals surface area (Å²) in [7, 11) is 1.39. The molecule has 2 saturated heterocycles. The number of methoxy groups -OCH3 is 1. The van der Waals surface area contributed by atoms with Gasteiger partial charge in [0.25, 0.3) is 0 Å². The number of para-hydroxylation sites is 1. The molecule has 6 heteroatoms. The van der Waals surface area contributed by atoms with Gasteiger partial charge in [0.2, 0.25) is 5.91 Å². The summed E-state index contributed by atoms with van der Waals surface area (Å²) >= 11 is 0. The van der Waals surface area contributed by atoms with E-state index >= 15 is 0 Å². The Kier molecular flexibility index (Phi) is 4.91. The number of nitrogens with zero attached hydrogens (tertiary/aromatic N) is 1. The number of amides is 1. The highest BCUT2D eigenvalue weighted by Gasteiger charge is 2.49. The zero-order chi connectivity index (χ0) is 19.0. The lowest BCUT2D eigenvalue weighted by Crippen LogP contribution is -2.52. The summed E-state index contributed by atoms with van der Waals surface area (Å²) in [5.41, 5.74) is 2.31. The van der Waals surface area contributed by atoms with Gasteiger partial charge in [0.15, 0.2) is 0 Å². The first kappa shape index (κ1) is 18.0. The van der Waals surface area contributed by atoms with Crippen LogP contribution in [0.1, 0.15) is 31.7 Å². The molecule has 0 saturated carbocycles. The summed E-state index contributed by atoms with van der Waals surface area (Å²) in [5.74, 6) is -0.0215. The molecule has 0 radical (unpaired) electrons. The number of hydrogen-bond donors (Lipinski definition) is 1. The molecule has 3 heterocycles. The molecule has 1 aromatic carbocycles. The van der Waals surface area contributed by atoms with E-state index in [0.717, 1.165) is 18.4 Å². The van der Waals surface area contributed by atoms with Gasteiger partial charge < -0.3 is 19.4 Å². The molecular formula is C21H26N2O4. The van der Waals surface area contributed by atoms with Crippen molar-refractivity contribution >= 4 is 22.8 Å². The summed E-state index contributed by atoms with van der Waals surface area (Å²) in [6.45, 7) is 2.64. The van der Waals surface area contributed by atoms with Crippen LogP contribution in [0.3, 0.4) is 0 Å². The monoisotopic (exact) mass is 370 g/mol. The maximum absolute atomic E-state index is 12.9. The molecule has 144 valence electrons. The second-order valence-electron chi connectivity index (χ2n) is 7.56. The summed E-state index contributed by atoms with van der Waals surface area (Å²) in [6.07, 6.45) is 4.10. The third-order valence-electron chi connectivity index (χ3n) is 6.08. The molecule has 27 heavy (non-hydrogen) atoms. The maximum Gasteiger partial charge on any atom is 0.305 e. The van der Waals surface area contributed by atoms with Crippen LogP contribution in [0.15, 0.2) is 30.5 Å². The van der Waals surface area contributed by atoms with Gasteiger partial charge in [-0.1, -0.05) is 25.1 Å². The minimum absolute atomic E-state index is 0.0111. The summed E-state index contributed by atoms with van der Waals surface area (Å²) in [6, 6.07) is 8.25. The third-order valence-corrected chi connectivity index (χ3v) is 6.08. The molecule has 4 rings (SSSR count).